The van der Waals surface area contributed by atoms with E-state index in [4.69, 9.17) is 4.74 Å². The quantitative estimate of drug-likeness (QED) is 0.475. The Kier molecular flexibility index (Phi) is 5.60. The molecule has 1 aromatic carbocycles. The molecule has 0 fully saturated rings. The van der Waals surface area contributed by atoms with E-state index >= 15 is 0 Å². The first-order chi connectivity index (χ1) is 10.2. The summed E-state index contributed by atoms with van der Waals surface area (Å²) in [6.07, 6.45) is 4.51. The second-order valence-electron chi connectivity index (χ2n) is 5.21. The molecule has 0 unspecified atom stereocenters. The van der Waals surface area contributed by atoms with E-state index in [1.54, 1.807) is 11.0 Å². The Morgan fingerprint density at radius 1 is 1.29 bits per heavy atom. The standard InChI is InChI=1S/C16H22N2O3/c1-2-3-4-7-10-17-15(19)11-18-12-16(20)21-14-9-6-5-8-13(14)18/h5-6,8-9H,2-4,7,10-12H2,1H3,(H,17,19). The first-order valence-corrected chi connectivity index (χ1v) is 7.52. The predicted octanol–water partition coefficient (Wildman–Crippen LogP) is 2.11. The lowest BCUT2D eigenvalue weighted by Crippen LogP contribution is -2.43. The summed E-state index contributed by atoms with van der Waals surface area (Å²) in [5, 5.41) is 2.90. The molecule has 1 heterocycles. The molecule has 1 aromatic rings. The van der Waals surface area contributed by atoms with Crippen LogP contribution in [0.2, 0.25) is 0 Å². The largest absolute Gasteiger partial charge is 0.423 e. The number of esters is 1. The molecule has 0 saturated carbocycles. The van der Waals surface area contributed by atoms with E-state index in [0.717, 1.165) is 18.5 Å². The van der Waals surface area contributed by atoms with E-state index < -0.39 is 0 Å². The minimum absolute atomic E-state index is 0.0593. The molecule has 0 aromatic heterocycles. The highest BCUT2D eigenvalue weighted by Crippen LogP contribution is 2.30. The number of unbranched alkanes of at least 4 members (excludes halogenated alkanes) is 3. The van der Waals surface area contributed by atoms with Gasteiger partial charge in [0.2, 0.25) is 5.91 Å². The van der Waals surface area contributed by atoms with Crippen LogP contribution in [0.5, 0.6) is 5.75 Å². The first kappa shape index (κ1) is 15.4. The van der Waals surface area contributed by atoms with Crippen LogP contribution in [0, 0.1) is 0 Å². The fourth-order valence-corrected chi connectivity index (χ4v) is 2.35. The highest BCUT2D eigenvalue weighted by Gasteiger charge is 2.24. The van der Waals surface area contributed by atoms with Crippen LogP contribution in [-0.4, -0.2) is 31.5 Å². The summed E-state index contributed by atoms with van der Waals surface area (Å²) in [5.74, 6) is 0.130. The lowest BCUT2D eigenvalue weighted by Gasteiger charge is -2.29. The molecule has 5 nitrogen and oxygen atoms in total. The molecule has 0 atom stereocenters. The molecule has 21 heavy (non-hydrogen) atoms. The number of ether oxygens (including phenoxy) is 1. The van der Waals surface area contributed by atoms with Crippen molar-refractivity contribution in [3.8, 4) is 5.75 Å². The molecular formula is C16H22N2O3. The zero-order valence-electron chi connectivity index (χ0n) is 12.4. The van der Waals surface area contributed by atoms with Gasteiger partial charge < -0.3 is 15.0 Å². The van der Waals surface area contributed by atoms with Crippen LogP contribution in [0.4, 0.5) is 5.69 Å². The van der Waals surface area contributed by atoms with Crippen molar-refractivity contribution >= 4 is 17.6 Å². The zero-order valence-corrected chi connectivity index (χ0v) is 12.4. The number of nitrogens with one attached hydrogen (secondary N) is 1. The molecule has 1 aliphatic heterocycles. The molecule has 114 valence electrons. The number of hydrogen-bond donors (Lipinski definition) is 1. The van der Waals surface area contributed by atoms with Gasteiger partial charge in [-0.2, -0.15) is 0 Å². The van der Waals surface area contributed by atoms with Crippen LogP contribution in [-0.2, 0) is 9.59 Å². The number of nitrogens with zero attached hydrogens (tertiary/aromatic N) is 1. The van der Waals surface area contributed by atoms with Gasteiger partial charge in [0.25, 0.3) is 0 Å². The smallest absolute Gasteiger partial charge is 0.331 e. The van der Waals surface area contributed by atoms with E-state index in [0.29, 0.717) is 12.3 Å². The topological polar surface area (TPSA) is 58.6 Å². The Balaban J connectivity index is 1.85. The van der Waals surface area contributed by atoms with Gasteiger partial charge in [-0.15, -0.1) is 0 Å². The molecule has 1 N–H and O–H groups in total. The first-order valence-electron chi connectivity index (χ1n) is 7.52. The average Bonchev–Trinajstić information content (AvgIpc) is 2.47. The van der Waals surface area contributed by atoms with E-state index in [1.165, 1.54) is 12.8 Å². The van der Waals surface area contributed by atoms with Gasteiger partial charge in [0.1, 0.15) is 6.54 Å². The van der Waals surface area contributed by atoms with E-state index in [2.05, 4.69) is 12.2 Å². The normalized spacial score (nSPS) is 13.6. The fourth-order valence-electron chi connectivity index (χ4n) is 2.35. The summed E-state index contributed by atoms with van der Waals surface area (Å²) in [4.78, 5) is 25.3. The number of amides is 1. The van der Waals surface area contributed by atoms with Crippen molar-refractivity contribution in [3.63, 3.8) is 0 Å². The minimum atomic E-state index is -0.329. The van der Waals surface area contributed by atoms with Gasteiger partial charge in [-0.25, -0.2) is 4.79 Å². The second-order valence-corrected chi connectivity index (χ2v) is 5.21. The van der Waals surface area contributed by atoms with Crippen molar-refractivity contribution in [2.24, 2.45) is 0 Å². The molecule has 1 aliphatic rings. The van der Waals surface area contributed by atoms with Crippen molar-refractivity contribution in [1.29, 1.82) is 0 Å². The third-order valence-electron chi connectivity index (χ3n) is 3.44. The highest BCUT2D eigenvalue weighted by atomic mass is 16.5. The lowest BCUT2D eigenvalue weighted by atomic mass is 10.2. The van der Waals surface area contributed by atoms with Gasteiger partial charge in [0, 0.05) is 6.54 Å². The van der Waals surface area contributed by atoms with E-state index in [-0.39, 0.29) is 25.0 Å². The van der Waals surface area contributed by atoms with Crippen molar-refractivity contribution in [2.75, 3.05) is 24.5 Å². The molecule has 0 spiro atoms. The number of benzene rings is 1. The zero-order chi connectivity index (χ0) is 15.1. The molecule has 0 aliphatic carbocycles. The Labute approximate surface area is 125 Å². The number of hydrogen-bond acceptors (Lipinski definition) is 4. The van der Waals surface area contributed by atoms with E-state index in [9.17, 15) is 9.59 Å². The van der Waals surface area contributed by atoms with Gasteiger partial charge in [0.15, 0.2) is 5.75 Å². The maximum atomic E-state index is 12.0. The predicted molar refractivity (Wildman–Crippen MR) is 81.4 cm³/mol. The van der Waals surface area contributed by atoms with Crippen LogP contribution >= 0.6 is 0 Å². The fraction of sp³-hybridized carbons (Fsp3) is 0.500. The third-order valence-corrected chi connectivity index (χ3v) is 3.44. The van der Waals surface area contributed by atoms with Crippen molar-refractivity contribution in [1.82, 2.24) is 5.32 Å². The molecule has 0 bridgehead atoms. The number of carbonyl (C=O) groups excluding carboxylic acids is 2. The number of carbonyl (C=O) groups is 2. The number of rotatable bonds is 7. The van der Waals surface area contributed by atoms with Crippen LogP contribution < -0.4 is 15.0 Å². The average molecular weight is 290 g/mol. The van der Waals surface area contributed by atoms with Crippen LogP contribution in [0.25, 0.3) is 0 Å². The maximum Gasteiger partial charge on any atom is 0.331 e. The molecular weight excluding hydrogens is 268 g/mol. The van der Waals surface area contributed by atoms with Crippen LogP contribution in [0.1, 0.15) is 32.6 Å². The van der Waals surface area contributed by atoms with Crippen molar-refractivity contribution in [2.45, 2.75) is 32.6 Å². The summed E-state index contributed by atoms with van der Waals surface area (Å²) in [7, 11) is 0. The molecule has 0 radical (unpaired) electrons. The summed E-state index contributed by atoms with van der Waals surface area (Å²) >= 11 is 0. The van der Waals surface area contributed by atoms with Gasteiger partial charge >= 0.3 is 5.97 Å². The molecule has 0 saturated heterocycles. The summed E-state index contributed by atoms with van der Waals surface area (Å²) in [6, 6.07) is 7.27. The monoisotopic (exact) mass is 290 g/mol. The van der Waals surface area contributed by atoms with Gasteiger partial charge in [-0.3, -0.25) is 4.79 Å². The Morgan fingerprint density at radius 3 is 2.90 bits per heavy atom. The van der Waals surface area contributed by atoms with Crippen molar-refractivity contribution in [3.05, 3.63) is 24.3 Å². The molecule has 5 heteroatoms. The van der Waals surface area contributed by atoms with Gasteiger partial charge in [-0.05, 0) is 18.6 Å². The third kappa shape index (κ3) is 4.48. The molecule has 2 rings (SSSR count). The minimum Gasteiger partial charge on any atom is -0.423 e. The highest BCUT2D eigenvalue weighted by molar-refractivity contribution is 5.89. The summed E-state index contributed by atoms with van der Waals surface area (Å²) < 4.78 is 5.16. The number of para-hydroxylation sites is 2. The van der Waals surface area contributed by atoms with Crippen LogP contribution in [0.3, 0.4) is 0 Å². The Morgan fingerprint density at radius 2 is 2.10 bits per heavy atom. The van der Waals surface area contributed by atoms with Gasteiger partial charge in [-0.1, -0.05) is 38.3 Å². The number of anilines is 1. The van der Waals surface area contributed by atoms with Crippen molar-refractivity contribution < 1.29 is 14.3 Å². The Bertz CT molecular complexity index is 502. The summed E-state index contributed by atoms with van der Waals surface area (Å²) in [5.41, 5.74) is 0.790. The lowest BCUT2D eigenvalue weighted by molar-refractivity contribution is -0.133. The van der Waals surface area contributed by atoms with E-state index in [1.807, 2.05) is 18.2 Å². The second kappa shape index (κ2) is 7.67. The van der Waals surface area contributed by atoms with Gasteiger partial charge in [0.05, 0.1) is 12.2 Å². The maximum absolute atomic E-state index is 12.0. The number of fused-ring (bicyclic) bond motifs is 1. The Hall–Kier alpha value is -2.04. The SMILES string of the molecule is CCCCCCNC(=O)CN1CC(=O)Oc2ccccc21. The van der Waals surface area contributed by atoms with Crippen LogP contribution in [0.15, 0.2) is 24.3 Å². The summed E-state index contributed by atoms with van der Waals surface area (Å²) in [6.45, 7) is 3.14. The molecule has 1 amide bonds.